The van der Waals surface area contributed by atoms with Crippen molar-refractivity contribution in [2.45, 2.75) is 31.5 Å². The first-order valence-corrected chi connectivity index (χ1v) is 9.15. The lowest BCUT2D eigenvalue weighted by atomic mass is 10.1. The standard InChI is InChI=1S/C17H22N2O3.C2HF3O2/c1-22-17(21)14-7-5-13(6-8-14)16(20)19-11-3-10-18-9-2-4-15(18)12-19;3-2(4,5)1(6)7/h5-8,15H,2-4,9-12H2,1H3;(H,6,7). The molecule has 1 aromatic rings. The van der Waals surface area contributed by atoms with Crippen LogP contribution in [0.1, 0.15) is 40.0 Å². The molecular formula is C19H23F3N2O5. The molecule has 1 aromatic carbocycles. The molecule has 1 atom stereocenters. The second-order valence-corrected chi connectivity index (χ2v) is 6.81. The smallest absolute Gasteiger partial charge is 0.475 e. The molecule has 1 amide bonds. The molecule has 29 heavy (non-hydrogen) atoms. The Morgan fingerprint density at radius 3 is 2.14 bits per heavy atom. The fraction of sp³-hybridized carbons (Fsp3) is 0.526. The van der Waals surface area contributed by atoms with Crippen molar-refractivity contribution in [2.75, 3.05) is 33.3 Å². The molecule has 1 N–H and O–H groups in total. The molecule has 2 fully saturated rings. The van der Waals surface area contributed by atoms with E-state index in [1.165, 1.54) is 26.5 Å². The van der Waals surface area contributed by atoms with Crippen molar-refractivity contribution in [2.24, 2.45) is 0 Å². The highest BCUT2D eigenvalue weighted by Gasteiger charge is 2.38. The van der Waals surface area contributed by atoms with Crippen LogP contribution in [-0.4, -0.2) is 78.3 Å². The van der Waals surface area contributed by atoms with E-state index in [1.807, 2.05) is 4.90 Å². The van der Waals surface area contributed by atoms with Gasteiger partial charge in [-0.1, -0.05) is 0 Å². The van der Waals surface area contributed by atoms with Gasteiger partial charge in [0.2, 0.25) is 0 Å². The van der Waals surface area contributed by atoms with Crippen LogP contribution in [0.4, 0.5) is 13.2 Å². The van der Waals surface area contributed by atoms with Crippen molar-refractivity contribution in [1.82, 2.24) is 9.80 Å². The zero-order valence-corrected chi connectivity index (χ0v) is 15.9. The number of hydrogen-bond acceptors (Lipinski definition) is 5. The number of halogens is 3. The minimum Gasteiger partial charge on any atom is -0.475 e. The first kappa shape index (κ1) is 22.7. The van der Waals surface area contributed by atoms with Gasteiger partial charge in [0.25, 0.3) is 5.91 Å². The molecule has 0 saturated carbocycles. The lowest BCUT2D eigenvalue weighted by molar-refractivity contribution is -0.192. The second-order valence-electron chi connectivity index (χ2n) is 6.81. The number of carboxylic acid groups (broad SMARTS) is 1. The summed E-state index contributed by atoms with van der Waals surface area (Å²) in [4.78, 5) is 37.5. The molecule has 0 radical (unpaired) electrons. The largest absolute Gasteiger partial charge is 0.490 e. The number of rotatable bonds is 2. The molecule has 0 aliphatic carbocycles. The van der Waals surface area contributed by atoms with Gasteiger partial charge in [-0.25, -0.2) is 9.59 Å². The van der Waals surface area contributed by atoms with E-state index < -0.39 is 12.1 Å². The van der Waals surface area contributed by atoms with Gasteiger partial charge in [0.15, 0.2) is 0 Å². The quantitative estimate of drug-likeness (QED) is 0.746. The number of carbonyl (C=O) groups is 3. The number of ether oxygens (including phenoxy) is 1. The monoisotopic (exact) mass is 416 g/mol. The van der Waals surface area contributed by atoms with Crippen molar-refractivity contribution in [3.8, 4) is 0 Å². The van der Waals surface area contributed by atoms with E-state index in [2.05, 4.69) is 9.64 Å². The predicted octanol–water partition coefficient (Wildman–Crippen LogP) is 2.42. The lowest BCUT2D eigenvalue weighted by Crippen LogP contribution is -2.39. The molecule has 0 bridgehead atoms. The van der Waals surface area contributed by atoms with Crippen LogP contribution in [0.2, 0.25) is 0 Å². The van der Waals surface area contributed by atoms with Gasteiger partial charge in [0.05, 0.1) is 12.7 Å². The Morgan fingerprint density at radius 2 is 1.59 bits per heavy atom. The van der Waals surface area contributed by atoms with Crippen LogP contribution in [0.15, 0.2) is 24.3 Å². The van der Waals surface area contributed by atoms with Gasteiger partial charge in [-0.05, 0) is 50.1 Å². The summed E-state index contributed by atoms with van der Waals surface area (Å²) in [6.07, 6.45) is -1.63. The maximum atomic E-state index is 12.7. The Hall–Kier alpha value is -2.62. The fourth-order valence-electron chi connectivity index (χ4n) is 3.44. The third kappa shape index (κ3) is 6.18. The van der Waals surface area contributed by atoms with Crippen molar-refractivity contribution < 1.29 is 37.4 Å². The summed E-state index contributed by atoms with van der Waals surface area (Å²) in [7, 11) is 1.35. The third-order valence-corrected chi connectivity index (χ3v) is 4.89. The number of amides is 1. The molecule has 0 spiro atoms. The normalized spacial score (nSPS) is 19.4. The van der Waals surface area contributed by atoms with Crippen molar-refractivity contribution >= 4 is 17.8 Å². The Labute approximate surface area is 166 Å². The number of esters is 1. The number of carboxylic acids is 1. The Bertz CT molecular complexity index is 736. The molecule has 3 rings (SSSR count). The molecule has 2 heterocycles. The maximum absolute atomic E-state index is 12.7. The van der Waals surface area contributed by atoms with E-state index in [0.29, 0.717) is 17.2 Å². The SMILES string of the molecule is COC(=O)c1ccc(C(=O)N2CCCN3CCCC3C2)cc1.O=C(O)C(F)(F)F. The van der Waals surface area contributed by atoms with Crippen LogP contribution in [0, 0.1) is 0 Å². The first-order valence-electron chi connectivity index (χ1n) is 9.15. The fourth-order valence-corrected chi connectivity index (χ4v) is 3.44. The van der Waals surface area contributed by atoms with Crippen LogP contribution >= 0.6 is 0 Å². The molecular weight excluding hydrogens is 393 g/mol. The topological polar surface area (TPSA) is 87.2 Å². The molecule has 160 valence electrons. The second kappa shape index (κ2) is 9.73. The number of nitrogens with zero attached hydrogens (tertiary/aromatic N) is 2. The Balaban J connectivity index is 0.000000370. The molecule has 2 aliphatic heterocycles. The number of fused-ring (bicyclic) bond motifs is 1. The zero-order valence-electron chi connectivity index (χ0n) is 15.9. The van der Waals surface area contributed by atoms with Crippen LogP contribution in [0.5, 0.6) is 0 Å². The van der Waals surface area contributed by atoms with Crippen molar-refractivity contribution in [3.05, 3.63) is 35.4 Å². The van der Waals surface area contributed by atoms with Gasteiger partial charge >= 0.3 is 18.1 Å². The highest BCUT2D eigenvalue weighted by Crippen LogP contribution is 2.22. The molecule has 2 saturated heterocycles. The summed E-state index contributed by atoms with van der Waals surface area (Å²) < 4.78 is 36.4. The summed E-state index contributed by atoms with van der Waals surface area (Å²) in [5.74, 6) is -3.08. The van der Waals surface area contributed by atoms with Gasteiger partial charge in [-0.3, -0.25) is 9.69 Å². The molecule has 0 aromatic heterocycles. The first-order chi connectivity index (χ1) is 13.6. The summed E-state index contributed by atoms with van der Waals surface area (Å²) in [6, 6.07) is 7.25. The average molecular weight is 416 g/mol. The summed E-state index contributed by atoms with van der Waals surface area (Å²) in [5.41, 5.74) is 1.11. The van der Waals surface area contributed by atoms with Gasteiger partial charge in [-0.15, -0.1) is 0 Å². The number of methoxy groups -OCH3 is 1. The van der Waals surface area contributed by atoms with Gasteiger partial charge in [0.1, 0.15) is 0 Å². The molecule has 1 unspecified atom stereocenters. The highest BCUT2D eigenvalue weighted by atomic mass is 19.4. The zero-order chi connectivity index (χ0) is 21.6. The van der Waals surface area contributed by atoms with E-state index in [0.717, 1.165) is 26.1 Å². The van der Waals surface area contributed by atoms with Gasteiger partial charge in [-0.2, -0.15) is 13.2 Å². The number of hydrogen-bond donors (Lipinski definition) is 1. The van der Waals surface area contributed by atoms with Crippen LogP contribution in [-0.2, 0) is 9.53 Å². The van der Waals surface area contributed by atoms with Crippen LogP contribution in [0.25, 0.3) is 0 Å². The number of carbonyl (C=O) groups excluding carboxylic acids is 2. The summed E-state index contributed by atoms with van der Waals surface area (Å²) >= 11 is 0. The van der Waals surface area contributed by atoms with Gasteiger partial charge < -0.3 is 14.7 Å². The Morgan fingerprint density at radius 1 is 1.03 bits per heavy atom. The van der Waals surface area contributed by atoms with Crippen molar-refractivity contribution in [1.29, 1.82) is 0 Å². The Kier molecular flexibility index (Phi) is 7.60. The maximum Gasteiger partial charge on any atom is 0.490 e. The van der Waals surface area contributed by atoms with E-state index in [4.69, 9.17) is 9.90 Å². The molecule has 10 heteroatoms. The van der Waals surface area contributed by atoms with E-state index in [-0.39, 0.29) is 11.9 Å². The molecule has 2 aliphatic rings. The number of benzene rings is 1. The van der Waals surface area contributed by atoms with Crippen molar-refractivity contribution in [3.63, 3.8) is 0 Å². The summed E-state index contributed by atoms with van der Waals surface area (Å²) in [5, 5.41) is 7.12. The number of alkyl halides is 3. The average Bonchev–Trinajstić information content (AvgIpc) is 3.03. The van der Waals surface area contributed by atoms with Crippen LogP contribution in [0.3, 0.4) is 0 Å². The summed E-state index contributed by atoms with van der Waals surface area (Å²) in [6.45, 7) is 3.89. The van der Waals surface area contributed by atoms with Crippen LogP contribution < -0.4 is 0 Å². The minimum atomic E-state index is -5.08. The minimum absolute atomic E-state index is 0.0603. The van der Waals surface area contributed by atoms with E-state index in [1.54, 1.807) is 24.3 Å². The van der Waals surface area contributed by atoms with E-state index >= 15 is 0 Å². The van der Waals surface area contributed by atoms with E-state index in [9.17, 15) is 22.8 Å². The van der Waals surface area contributed by atoms with Gasteiger partial charge in [0, 0.05) is 31.2 Å². The lowest BCUT2D eigenvalue weighted by Gasteiger charge is -2.25. The molecule has 7 nitrogen and oxygen atoms in total. The highest BCUT2D eigenvalue weighted by molar-refractivity contribution is 5.96. The third-order valence-electron chi connectivity index (χ3n) is 4.89. The number of aliphatic carboxylic acids is 1. The predicted molar refractivity (Wildman–Crippen MR) is 96.6 cm³/mol.